The van der Waals surface area contributed by atoms with E-state index in [0.29, 0.717) is 12.5 Å². The highest BCUT2D eigenvalue weighted by Gasteiger charge is 2.20. The van der Waals surface area contributed by atoms with Crippen LogP contribution in [0.1, 0.15) is 35.8 Å². The van der Waals surface area contributed by atoms with E-state index in [9.17, 15) is 4.79 Å². The summed E-state index contributed by atoms with van der Waals surface area (Å²) in [5, 5.41) is 3.15. The molecule has 1 saturated heterocycles. The van der Waals surface area contributed by atoms with E-state index in [0.717, 1.165) is 48.3 Å². The Labute approximate surface area is 171 Å². The van der Waals surface area contributed by atoms with Crippen LogP contribution in [0.5, 0.6) is 0 Å². The topological polar surface area (TPSA) is 35.6 Å². The second kappa shape index (κ2) is 9.20. The van der Waals surface area contributed by atoms with Gasteiger partial charge in [-0.2, -0.15) is 0 Å². The number of hydrogen-bond donors (Lipinski definition) is 1. The standard InChI is InChI=1S/C21H28ClN3OS/c1-15(2)18-6-4-5-16(3)21(18)23-20(26)14-25-11-9-24(10-12-25)13-17-7-8-19(22)27-17/h4-8,15H,9-14H2,1-3H3,(H,23,26). The SMILES string of the molecule is Cc1cccc(C(C)C)c1NC(=O)CN1CCN(Cc2ccc(Cl)s2)CC1. The molecule has 0 atom stereocenters. The van der Waals surface area contributed by atoms with E-state index in [2.05, 4.69) is 60.2 Å². The Hall–Kier alpha value is -1.40. The van der Waals surface area contributed by atoms with Crippen LogP contribution in [-0.4, -0.2) is 48.4 Å². The number of amides is 1. The Morgan fingerprint density at radius 2 is 1.85 bits per heavy atom. The van der Waals surface area contributed by atoms with Crippen LogP contribution in [0.3, 0.4) is 0 Å². The van der Waals surface area contributed by atoms with E-state index in [1.165, 1.54) is 10.4 Å². The van der Waals surface area contributed by atoms with Crippen molar-refractivity contribution in [3.05, 3.63) is 50.7 Å². The van der Waals surface area contributed by atoms with Crippen LogP contribution in [0.4, 0.5) is 5.69 Å². The van der Waals surface area contributed by atoms with Gasteiger partial charge in [-0.1, -0.05) is 43.6 Å². The minimum absolute atomic E-state index is 0.0738. The Morgan fingerprint density at radius 3 is 2.48 bits per heavy atom. The number of piperazine rings is 1. The van der Waals surface area contributed by atoms with Crippen molar-refractivity contribution in [1.29, 1.82) is 0 Å². The molecule has 1 aliphatic rings. The number of hydrogen-bond acceptors (Lipinski definition) is 4. The molecule has 0 aliphatic carbocycles. The first-order valence-corrected chi connectivity index (χ1v) is 10.7. The first-order valence-electron chi connectivity index (χ1n) is 9.50. The largest absolute Gasteiger partial charge is 0.324 e. The Balaban J connectivity index is 1.50. The average molecular weight is 406 g/mol. The van der Waals surface area contributed by atoms with E-state index in [4.69, 9.17) is 11.6 Å². The van der Waals surface area contributed by atoms with Gasteiger partial charge in [-0.05, 0) is 36.1 Å². The molecule has 0 spiro atoms. The molecule has 6 heteroatoms. The summed E-state index contributed by atoms with van der Waals surface area (Å²) >= 11 is 7.66. The van der Waals surface area contributed by atoms with Crippen molar-refractivity contribution in [3.8, 4) is 0 Å². The van der Waals surface area contributed by atoms with Crippen LogP contribution in [0.25, 0.3) is 0 Å². The molecule has 2 heterocycles. The summed E-state index contributed by atoms with van der Waals surface area (Å²) in [6, 6.07) is 10.3. The smallest absolute Gasteiger partial charge is 0.238 e. The van der Waals surface area contributed by atoms with Crippen molar-refractivity contribution in [1.82, 2.24) is 9.80 Å². The first kappa shape index (κ1) is 20.3. The maximum atomic E-state index is 12.6. The number of nitrogens with one attached hydrogen (secondary N) is 1. The number of halogens is 1. The van der Waals surface area contributed by atoms with Gasteiger partial charge in [-0.3, -0.25) is 14.6 Å². The van der Waals surface area contributed by atoms with Crippen LogP contribution in [-0.2, 0) is 11.3 Å². The number of nitrogens with zero attached hydrogens (tertiary/aromatic N) is 2. The third-order valence-electron chi connectivity index (χ3n) is 5.03. The van der Waals surface area contributed by atoms with Gasteiger partial charge in [0.2, 0.25) is 5.91 Å². The molecule has 1 aromatic heterocycles. The number of anilines is 1. The van der Waals surface area contributed by atoms with Gasteiger partial charge in [0.25, 0.3) is 0 Å². The van der Waals surface area contributed by atoms with Crippen LogP contribution in [0, 0.1) is 6.92 Å². The Morgan fingerprint density at radius 1 is 1.15 bits per heavy atom. The zero-order valence-electron chi connectivity index (χ0n) is 16.3. The van der Waals surface area contributed by atoms with Crippen LogP contribution in [0.2, 0.25) is 4.34 Å². The first-order chi connectivity index (χ1) is 12.9. The fourth-order valence-corrected chi connectivity index (χ4v) is 4.62. The molecule has 146 valence electrons. The van der Waals surface area contributed by atoms with Gasteiger partial charge in [0.1, 0.15) is 0 Å². The van der Waals surface area contributed by atoms with E-state index < -0.39 is 0 Å². The number of carbonyl (C=O) groups excluding carboxylic acids is 1. The van der Waals surface area contributed by atoms with Crippen LogP contribution < -0.4 is 5.32 Å². The molecular weight excluding hydrogens is 378 g/mol. The zero-order valence-corrected chi connectivity index (χ0v) is 17.9. The molecule has 1 amide bonds. The van der Waals surface area contributed by atoms with Crippen molar-refractivity contribution in [2.45, 2.75) is 33.2 Å². The number of benzene rings is 1. The molecule has 1 fully saturated rings. The lowest BCUT2D eigenvalue weighted by molar-refractivity contribution is -0.117. The fraction of sp³-hybridized carbons (Fsp3) is 0.476. The van der Waals surface area contributed by atoms with Crippen LogP contribution in [0.15, 0.2) is 30.3 Å². The molecule has 0 saturated carbocycles. The molecule has 0 bridgehead atoms. The molecule has 2 aromatic rings. The van der Waals surface area contributed by atoms with Gasteiger partial charge < -0.3 is 5.32 Å². The molecular formula is C21H28ClN3OS. The van der Waals surface area contributed by atoms with Crippen molar-refractivity contribution < 1.29 is 4.79 Å². The number of carbonyl (C=O) groups is 1. The highest BCUT2D eigenvalue weighted by atomic mass is 35.5. The summed E-state index contributed by atoms with van der Waals surface area (Å²) in [6.45, 7) is 11.5. The lowest BCUT2D eigenvalue weighted by Crippen LogP contribution is -2.48. The summed E-state index contributed by atoms with van der Waals surface area (Å²) in [7, 11) is 0. The third-order valence-corrected chi connectivity index (χ3v) is 6.25. The summed E-state index contributed by atoms with van der Waals surface area (Å²) in [4.78, 5) is 18.6. The highest BCUT2D eigenvalue weighted by molar-refractivity contribution is 7.16. The maximum absolute atomic E-state index is 12.6. The lowest BCUT2D eigenvalue weighted by Gasteiger charge is -2.34. The summed E-state index contributed by atoms with van der Waals surface area (Å²) < 4.78 is 0.845. The van der Waals surface area contributed by atoms with Crippen molar-refractivity contribution in [3.63, 3.8) is 0 Å². The zero-order chi connectivity index (χ0) is 19.4. The maximum Gasteiger partial charge on any atom is 0.238 e. The average Bonchev–Trinajstić information content (AvgIpc) is 3.03. The predicted molar refractivity (Wildman–Crippen MR) is 115 cm³/mol. The van der Waals surface area contributed by atoms with E-state index >= 15 is 0 Å². The predicted octanol–water partition coefficient (Wildman–Crippen LogP) is 4.59. The van der Waals surface area contributed by atoms with Gasteiger partial charge in [0, 0.05) is 43.3 Å². The number of rotatable bonds is 6. The molecule has 1 aliphatic heterocycles. The molecule has 1 aromatic carbocycles. The summed E-state index contributed by atoms with van der Waals surface area (Å²) in [5.74, 6) is 0.458. The second-order valence-corrected chi connectivity index (χ2v) is 9.30. The molecule has 27 heavy (non-hydrogen) atoms. The van der Waals surface area contributed by atoms with Crippen molar-refractivity contribution >= 4 is 34.5 Å². The van der Waals surface area contributed by atoms with Crippen molar-refractivity contribution in [2.75, 3.05) is 38.0 Å². The normalized spacial score (nSPS) is 16.0. The fourth-order valence-electron chi connectivity index (χ4n) is 3.49. The molecule has 3 rings (SSSR count). The quantitative estimate of drug-likeness (QED) is 0.763. The second-order valence-electron chi connectivity index (χ2n) is 7.50. The van der Waals surface area contributed by atoms with Gasteiger partial charge in [-0.15, -0.1) is 11.3 Å². The summed E-state index contributed by atoms with van der Waals surface area (Å²) in [5.41, 5.74) is 3.29. The molecule has 1 N–H and O–H groups in total. The number of para-hydroxylation sites is 1. The minimum atomic E-state index is 0.0738. The Bertz CT molecular complexity index is 781. The van der Waals surface area contributed by atoms with E-state index in [1.54, 1.807) is 11.3 Å². The number of aryl methyl sites for hydroxylation is 1. The van der Waals surface area contributed by atoms with Crippen molar-refractivity contribution in [2.24, 2.45) is 0 Å². The van der Waals surface area contributed by atoms with E-state index in [-0.39, 0.29) is 5.91 Å². The summed E-state index contributed by atoms with van der Waals surface area (Å²) in [6.07, 6.45) is 0. The van der Waals surface area contributed by atoms with E-state index in [1.807, 2.05) is 6.07 Å². The van der Waals surface area contributed by atoms with Gasteiger partial charge >= 0.3 is 0 Å². The lowest BCUT2D eigenvalue weighted by atomic mass is 9.98. The Kier molecular flexibility index (Phi) is 6.93. The minimum Gasteiger partial charge on any atom is -0.324 e. The third kappa shape index (κ3) is 5.55. The highest BCUT2D eigenvalue weighted by Crippen LogP contribution is 2.27. The molecule has 0 unspecified atom stereocenters. The van der Waals surface area contributed by atoms with Gasteiger partial charge in [-0.25, -0.2) is 0 Å². The molecule has 4 nitrogen and oxygen atoms in total. The number of thiophene rings is 1. The molecule has 0 radical (unpaired) electrons. The van der Waals surface area contributed by atoms with Gasteiger partial charge in [0.15, 0.2) is 0 Å². The van der Waals surface area contributed by atoms with Crippen LogP contribution >= 0.6 is 22.9 Å². The monoisotopic (exact) mass is 405 g/mol. The van der Waals surface area contributed by atoms with Gasteiger partial charge in [0.05, 0.1) is 10.9 Å².